The van der Waals surface area contributed by atoms with Crippen LogP contribution in [0.1, 0.15) is 45.3 Å². The second kappa shape index (κ2) is 4.53. The van der Waals surface area contributed by atoms with Gasteiger partial charge in [-0.1, -0.05) is 32.9 Å². The quantitative estimate of drug-likeness (QED) is 0.884. The number of benzene rings is 1. The molecule has 0 bridgehead atoms. The first kappa shape index (κ1) is 12.8. The van der Waals surface area contributed by atoms with Crippen LogP contribution >= 0.6 is 0 Å². The Hall–Kier alpha value is -1.68. The summed E-state index contributed by atoms with van der Waals surface area (Å²) in [6.45, 7) is 8.10. The fraction of sp³-hybridized carbons (Fsp3) is 0.429. The lowest BCUT2D eigenvalue weighted by Gasteiger charge is -2.18. The lowest BCUT2D eigenvalue weighted by Crippen LogP contribution is -2.10. The van der Waals surface area contributed by atoms with Gasteiger partial charge >= 0.3 is 0 Å². The van der Waals surface area contributed by atoms with E-state index in [9.17, 15) is 5.11 Å². The maximum atomic E-state index is 9.34. The van der Waals surface area contributed by atoms with Gasteiger partial charge in [-0.3, -0.25) is 0 Å². The smallest absolute Gasteiger partial charge is 0.247 e. The maximum absolute atomic E-state index is 9.34. The number of aromatic nitrogens is 2. The Kier molecular flexibility index (Phi) is 3.22. The predicted octanol–water partition coefficient (Wildman–Crippen LogP) is 3.09. The number of hydrogen-bond acceptors (Lipinski definition) is 4. The normalized spacial score (nSPS) is 13.6. The third-order valence-electron chi connectivity index (χ3n) is 2.80. The molecule has 0 aliphatic rings. The Morgan fingerprint density at radius 2 is 1.72 bits per heavy atom. The first-order valence-corrected chi connectivity index (χ1v) is 6.00. The predicted molar refractivity (Wildman–Crippen MR) is 69.1 cm³/mol. The molecule has 4 nitrogen and oxygen atoms in total. The summed E-state index contributed by atoms with van der Waals surface area (Å²) in [5.41, 5.74) is 2.24. The second-order valence-electron chi connectivity index (χ2n) is 5.45. The van der Waals surface area contributed by atoms with Crippen LogP contribution in [0.4, 0.5) is 0 Å². The van der Waals surface area contributed by atoms with E-state index in [0.29, 0.717) is 5.89 Å². The summed E-state index contributed by atoms with van der Waals surface area (Å²) in [5.74, 6) is 0.677. The number of hydrogen-bond donors (Lipinski definition) is 1. The van der Waals surface area contributed by atoms with Crippen molar-refractivity contribution in [3.8, 4) is 11.5 Å². The molecule has 1 N–H and O–H groups in total. The van der Waals surface area contributed by atoms with Crippen LogP contribution in [0.5, 0.6) is 0 Å². The topological polar surface area (TPSA) is 59.2 Å². The standard InChI is InChI=1S/C14H18N2O2/c1-9(17)12-15-16-13(18-12)10-5-7-11(8-6-10)14(2,3)4/h5-9,17H,1-4H3. The SMILES string of the molecule is CC(O)c1nnc(-c2ccc(C(C)(C)C)cc2)o1. The zero-order valence-corrected chi connectivity index (χ0v) is 11.1. The van der Waals surface area contributed by atoms with Gasteiger partial charge in [-0.05, 0) is 30.0 Å². The summed E-state index contributed by atoms with van der Waals surface area (Å²) in [7, 11) is 0. The van der Waals surface area contributed by atoms with Crippen molar-refractivity contribution in [2.75, 3.05) is 0 Å². The summed E-state index contributed by atoms with van der Waals surface area (Å²) in [5, 5.41) is 17.1. The molecule has 0 amide bonds. The Labute approximate surface area is 107 Å². The lowest BCUT2D eigenvalue weighted by molar-refractivity contribution is 0.163. The minimum atomic E-state index is -0.736. The van der Waals surface area contributed by atoms with Crippen LogP contribution in [0.3, 0.4) is 0 Å². The van der Waals surface area contributed by atoms with E-state index in [-0.39, 0.29) is 11.3 Å². The van der Waals surface area contributed by atoms with Crippen molar-refractivity contribution < 1.29 is 9.52 Å². The number of aliphatic hydroxyl groups is 1. The van der Waals surface area contributed by atoms with Gasteiger partial charge in [0.05, 0.1) is 0 Å². The van der Waals surface area contributed by atoms with Gasteiger partial charge in [0.25, 0.3) is 0 Å². The monoisotopic (exact) mass is 246 g/mol. The molecule has 1 aromatic heterocycles. The average molecular weight is 246 g/mol. The van der Waals surface area contributed by atoms with E-state index in [1.54, 1.807) is 6.92 Å². The van der Waals surface area contributed by atoms with Gasteiger partial charge in [-0.15, -0.1) is 10.2 Å². The molecule has 1 aromatic carbocycles. The molecule has 0 spiro atoms. The summed E-state index contributed by atoms with van der Waals surface area (Å²) in [4.78, 5) is 0. The van der Waals surface area contributed by atoms with Crippen LogP contribution in [0.25, 0.3) is 11.5 Å². The van der Waals surface area contributed by atoms with Gasteiger partial charge in [-0.2, -0.15) is 0 Å². The van der Waals surface area contributed by atoms with Crippen LogP contribution in [-0.2, 0) is 5.41 Å². The fourth-order valence-electron chi connectivity index (χ4n) is 1.63. The van der Waals surface area contributed by atoms with Crippen LogP contribution in [0.15, 0.2) is 28.7 Å². The molecule has 4 heteroatoms. The molecule has 0 aliphatic heterocycles. The minimum Gasteiger partial charge on any atom is -0.418 e. The van der Waals surface area contributed by atoms with E-state index in [1.807, 2.05) is 12.1 Å². The van der Waals surface area contributed by atoms with Gasteiger partial charge in [0, 0.05) is 5.56 Å². The van der Waals surface area contributed by atoms with E-state index in [2.05, 4.69) is 43.1 Å². The van der Waals surface area contributed by atoms with Crippen molar-refractivity contribution in [2.45, 2.75) is 39.2 Å². The fourth-order valence-corrected chi connectivity index (χ4v) is 1.63. The lowest BCUT2D eigenvalue weighted by atomic mass is 9.87. The summed E-state index contributed by atoms with van der Waals surface area (Å²) >= 11 is 0. The van der Waals surface area contributed by atoms with Crippen molar-refractivity contribution in [1.29, 1.82) is 0 Å². The highest BCUT2D eigenvalue weighted by molar-refractivity contribution is 5.53. The molecule has 0 saturated carbocycles. The van der Waals surface area contributed by atoms with Gasteiger partial charge in [0.2, 0.25) is 11.8 Å². The summed E-state index contributed by atoms with van der Waals surface area (Å²) in [6.07, 6.45) is -0.736. The molecule has 1 atom stereocenters. The molecular weight excluding hydrogens is 228 g/mol. The highest BCUT2D eigenvalue weighted by Crippen LogP contribution is 2.26. The summed E-state index contributed by atoms with van der Waals surface area (Å²) < 4.78 is 5.38. The molecule has 0 aliphatic carbocycles. The zero-order chi connectivity index (χ0) is 13.3. The van der Waals surface area contributed by atoms with Crippen molar-refractivity contribution in [3.63, 3.8) is 0 Å². The molecule has 2 aromatic rings. The molecule has 1 heterocycles. The molecule has 0 radical (unpaired) electrons. The minimum absolute atomic E-state index is 0.123. The molecule has 96 valence electrons. The van der Waals surface area contributed by atoms with E-state index >= 15 is 0 Å². The Morgan fingerprint density at radius 3 is 2.17 bits per heavy atom. The van der Waals surface area contributed by atoms with Gasteiger partial charge in [0.15, 0.2) is 0 Å². The third kappa shape index (κ3) is 2.59. The van der Waals surface area contributed by atoms with Crippen molar-refractivity contribution in [3.05, 3.63) is 35.7 Å². The number of aliphatic hydroxyl groups excluding tert-OH is 1. The molecule has 0 fully saturated rings. The van der Waals surface area contributed by atoms with E-state index < -0.39 is 6.10 Å². The van der Waals surface area contributed by atoms with Crippen molar-refractivity contribution >= 4 is 0 Å². The van der Waals surface area contributed by atoms with Crippen molar-refractivity contribution in [1.82, 2.24) is 10.2 Å². The van der Waals surface area contributed by atoms with E-state index in [0.717, 1.165) is 5.56 Å². The van der Waals surface area contributed by atoms with Gasteiger partial charge in [-0.25, -0.2) is 0 Å². The molecule has 2 rings (SSSR count). The maximum Gasteiger partial charge on any atom is 0.247 e. The molecule has 1 unspecified atom stereocenters. The summed E-state index contributed by atoms with van der Waals surface area (Å²) in [6, 6.07) is 8.03. The van der Waals surface area contributed by atoms with E-state index in [1.165, 1.54) is 5.56 Å². The highest BCUT2D eigenvalue weighted by atomic mass is 16.4. The highest BCUT2D eigenvalue weighted by Gasteiger charge is 2.15. The number of rotatable bonds is 2. The van der Waals surface area contributed by atoms with Gasteiger partial charge in [0.1, 0.15) is 6.10 Å². The van der Waals surface area contributed by atoms with Crippen LogP contribution in [-0.4, -0.2) is 15.3 Å². The Balaban J connectivity index is 2.29. The number of nitrogens with zero attached hydrogens (tertiary/aromatic N) is 2. The van der Waals surface area contributed by atoms with Crippen LogP contribution in [0, 0.1) is 0 Å². The molecule has 0 saturated heterocycles. The molecule has 18 heavy (non-hydrogen) atoms. The van der Waals surface area contributed by atoms with E-state index in [4.69, 9.17) is 4.42 Å². The molecular formula is C14H18N2O2. The Morgan fingerprint density at radius 1 is 1.11 bits per heavy atom. The Bertz CT molecular complexity index is 521. The first-order chi connectivity index (χ1) is 8.38. The largest absolute Gasteiger partial charge is 0.418 e. The third-order valence-corrected chi connectivity index (χ3v) is 2.80. The van der Waals surface area contributed by atoms with Crippen LogP contribution in [0.2, 0.25) is 0 Å². The average Bonchev–Trinajstić information content (AvgIpc) is 2.77. The zero-order valence-electron chi connectivity index (χ0n) is 11.1. The van der Waals surface area contributed by atoms with Crippen molar-refractivity contribution in [2.24, 2.45) is 0 Å². The first-order valence-electron chi connectivity index (χ1n) is 6.00. The van der Waals surface area contributed by atoms with Gasteiger partial charge < -0.3 is 9.52 Å². The van der Waals surface area contributed by atoms with Crippen LogP contribution < -0.4 is 0 Å². The second-order valence-corrected chi connectivity index (χ2v) is 5.45.